The number of aromatic nitrogens is 4. The largest absolute Gasteiger partial charge is 0.481 e. The highest BCUT2D eigenvalue weighted by atomic mass is 16.4. The number of tetrazole rings is 1. The van der Waals surface area contributed by atoms with Crippen molar-refractivity contribution in [3.05, 3.63) is 5.82 Å². The summed E-state index contributed by atoms with van der Waals surface area (Å²) < 4.78 is 1.67. The second-order valence-corrected chi connectivity index (χ2v) is 5.40. The summed E-state index contributed by atoms with van der Waals surface area (Å²) in [5, 5.41) is 21.0. The van der Waals surface area contributed by atoms with Gasteiger partial charge in [-0.1, -0.05) is 27.7 Å². The highest BCUT2D eigenvalue weighted by Gasteiger charge is 2.23. The first-order chi connectivity index (χ1) is 8.99. The SMILES string of the molecule is CCC(CC)c1nnnn1CC(CC(C)C)C(=O)O. The van der Waals surface area contributed by atoms with E-state index in [0.717, 1.165) is 18.7 Å². The molecule has 6 heteroatoms. The van der Waals surface area contributed by atoms with Gasteiger partial charge in [0, 0.05) is 5.92 Å². The Hall–Kier alpha value is -1.46. The first-order valence-corrected chi connectivity index (χ1v) is 6.98. The van der Waals surface area contributed by atoms with Gasteiger partial charge in [-0.15, -0.1) is 5.10 Å². The lowest BCUT2D eigenvalue weighted by molar-refractivity contribution is -0.142. The van der Waals surface area contributed by atoms with Gasteiger partial charge in [0.05, 0.1) is 12.5 Å². The number of carboxylic acids is 1. The summed E-state index contributed by atoms with van der Waals surface area (Å²) in [6.45, 7) is 8.59. The summed E-state index contributed by atoms with van der Waals surface area (Å²) >= 11 is 0. The van der Waals surface area contributed by atoms with Gasteiger partial charge in [0.1, 0.15) is 0 Å². The summed E-state index contributed by atoms with van der Waals surface area (Å²) in [6, 6.07) is 0. The second kappa shape index (κ2) is 7.21. The van der Waals surface area contributed by atoms with E-state index in [1.165, 1.54) is 0 Å². The van der Waals surface area contributed by atoms with Crippen LogP contribution < -0.4 is 0 Å². The third-order valence-electron chi connectivity index (χ3n) is 3.41. The zero-order valence-electron chi connectivity index (χ0n) is 12.2. The molecule has 1 aromatic rings. The average molecular weight is 268 g/mol. The van der Waals surface area contributed by atoms with Gasteiger partial charge in [0.15, 0.2) is 5.82 Å². The van der Waals surface area contributed by atoms with E-state index in [4.69, 9.17) is 0 Å². The number of carboxylic acid groups (broad SMARTS) is 1. The maximum absolute atomic E-state index is 11.3. The zero-order chi connectivity index (χ0) is 14.4. The van der Waals surface area contributed by atoms with Crippen LogP contribution in [0.5, 0.6) is 0 Å². The van der Waals surface area contributed by atoms with E-state index in [9.17, 15) is 9.90 Å². The number of rotatable bonds is 8. The molecule has 0 radical (unpaired) electrons. The molecule has 108 valence electrons. The number of hydrogen-bond acceptors (Lipinski definition) is 4. The summed E-state index contributed by atoms with van der Waals surface area (Å²) in [4.78, 5) is 11.3. The van der Waals surface area contributed by atoms with Crippen LogP contribution in [0.2, 0.25) is 0 Å². The van der Waals surface area contributed by atoms with Crippen LogP contribution in [0.15, 0.2) is 0 Å². The zero-order valence-corrected chi connectivity index (χ0v) is 12.2. The number of nitrogens with zero attached hydrogens (tertiary/aromatic N) is 4. The quantitative estimate of drug-likeness (QED) is 0.782. The van der Waals surface area contributed by atoms with E-state index in [1.807, 2.05) is 13.8 Å². The molecule has 1 atom stereocenters. The molecule has 1 N–H and O–H groups in total. The van der Waals surface area contributed by atoms with E-state index < -0.39 is 11.9 Å². The maximum atomic E-state index is 11.3. The molecule has 0 aliphatic carbocycles. The topological polar surface area (TPSA) is 80.9 Å². The lowest BCUT2D eigenvalue weighted by Gasteiger charge is -2.17. The van der Waals surface area contributed by atoms with Crippen LogP contribution in [0.4, 0.5) is 0 Å². The molecule has 0 aliphatic heterocycles. The van der Waals surface area contributed by atoms with E-state index in [2.05, 4.69) is 29.4 Å². The Balaban J connectivity index is 2.85. The van der Waals surface area contributed by atoms with Gasteiger partial charge in [-0.25, -0.2) is 4.68 Å². The molecule has 0 spiro atoms. The van der Waals surface area contributed by atoms with Gasteiger partial charge < -0.3 is 5.11 Å². The molecule has 19 heavy (non-hydrogen) atoms. The van der Waals surface area contributed by atoms with Gasteiger partial charge in [-0.2, -0.15) is 0 Å². The third-order valence-corrected chi connectivity index (χ3v) is 3.41. The second-order valence-electron chi connectivity index (χ2n) is 5.40. The lowest BCUT2D eigenvalue weighted by Crippen LogP contribution is -2.24. The predicted molar refractivity (Wildman–Crippen MR) is 71.7 cm³/mol. The Kier molecular flexibility index (Phi) is 5.92. The maximum Gasteiger partial charge on any atom is 0.308 e. The van der Waals surface area contributed by atoms with Gasteiger partial charge in [0.2, 0.25) is 0 Å². The molecule has 0 aromatic carbocycles. The molecule has 1 rings (SSSR count). The van der Waals surface area contributed by atoms with Crippen molar-refractivity contribution in [3.8, 4) is 0 Å². The van der Waals surface area contributed by atoms with Crippen molar-refractivity contribution in [2.45, 2.75) is 59.4 Å². The van der Waals surface area contributed by atoms with Crippen molar-refractivity contribution < 1.29 is 9.90 Å². The van der Waals surface area contributed by atoms with Crippen molar-refractivity contribution >= 4 is 5.97 Å². The van der Waals surface area contributed by atoms with E-state index >= 15 is 0 Å². The monoisotopic (exact) mass is 268 g/mol. The molecule has 0 saturated heterocycles. The van der Waals surface area contributed by atoms with Gasteiger partial charge >= 0.3 is 5.97 Å². The van der Waals surface area contributed by atoms with Crippen molar-refractivity contribution in [1.82, 2.24) is 20.2 Å². The first-order valence-electron chi connectivity index (χ1n) is 6.98. The van der Waals surface area contributed by atoms with Gasteiger partial charge in [0.25, 0.3) is 0 Å². The molecule has 1 aromatic heterocycles. The molecule has 0 amide bonds. The fourth-order valence-electron chi connectivity index (χ4n) is 2.32. The average Bonchev–Trinajstić information content (AvgIpc) is 2.78. The van der Waals surface area contributed by atoms with E-state index in [0.29, 0.717) is 24.8 Å². The Labute approximate surface area is 114 Å². The Morgan fingerprint density at radius 2 is 1.95 bits per heavy atom. The minimum Gasteiger partial charge on any atom is -0.481 e. The fourth-order valence-corrected chi connectivity index (χ4v) is 2.32. The molecule has 0 fully saturated rings. The lowest BCUT2D eigenvalue weighted by atomic mass is 9.96. The molecule has 1 heterocycles. The van der Waals surface area contributed by atoms with Crippen LogP contribution in [0.3, 0.4) is 0 Å². The Morgan fingerprint density at radius 3 is 2.42 bits per heavy atom. The van der Waals surface area contributed by atoms with Crippen molar-refractivity contribution in [2.24, 2.45) is 11.8 Å². The molecule has 0 aliphatic rings. The smallest absolute Gasteiger partial charge is 0.308 e. The summed E-state index contributed by atoms with van der Waals surface area (Å²) in [6.07, 6.45) is 2.55. The Bertz CT molecular complexity index is 399. The van der Waals surface area contributed by atoms with E-state index in [-0.39, 0.29) is 0 Å². The molecular formula is C13H24N4O2. The van der Waals surface area contributed by atoms with Crippen LogP contribution in [0, 0.1) is 11.8 Å². The molecule has 0 saturated carbocycles. The first kappa shape index (κ1) is 15.6. The van der Waals surface area contributed by atoms with Gasteiger partial charge in [-0.3, -0.25) is 4.79 Å². The molecule has 1 unspecified atom stereocenters. The Morgan fingerprint density at radius 1 is 1.32 bits per heavy atom. The molecular weight excluding hydrogens is 244 g/mol. The highest BCUT2D eigenvalue weighted by molar-refractivity contribution is 5.69. The highest BCUT2D eigenvalue weighted by Crippen LogP contribution is 2.22. The van der Waals surface area contributed by atoms with Crippen LogP contribution in [0.25, 0.3) is 0 Å². The normalized spacial score (nSPS) is 13.2. The molecule has 0 bridgehead atoms. The minimum atomic E-state index is -0.778. The third kappa shape index (κ3) is 4.29. The summed E-state index contributed by atoms with van der Waals surface area (Å²) in [7, 11) is 0. The fraction of sp³-hybridized carbons (Fsp3) is 0.846. The standard InChI is InChI=1S/C13H24N4O2/c1-5-10(6-2)12-14-15-16-17(12)8-11(13(18)19)7-9(3)4/h9-11H,5-8H2,1-4H3,(H,18,19). The minimum absolute atomic E-state index is 0.295. The van der Waals surface area contributed by atoms with Gasteiger partial charge in [-0.05, 0) is 35.6 Å². The van der Waals surface area contributed by atoms with Crippen LogP contribution >= 0.6 is 0 Å². The number of aliphatic carboxylic acids is 1. The molecule has 6 nitrogen and oxygen atoms in total. The summed E-state index contributed by atoms with van der Waals surface area (Å²) in [5.74, 6) is 0.231. The van der Waals surface area contributed by atoms with Crippen molar-refractivity contribution in [2.75, 3.05) is 0 Å². The van der Waals surface area contributed by atoms with Crippen molar-refractivity contribution in [3.63, 3.8) is 0 Å². The number of hydrogen-bond donors (Lipinski definition) is 1. The van der Waals surface area contributed by atoms with Crippen LogP contribution in [-0.2, 0) is 11.3 Å². The van der Waals surface area contributed by atoms with Crippen LogP contribution in [0.1, 0.15) is 58.7 Å². The van der Waals surface area contributed by atoms with Crippen molar-refractivity contribution in [1.29, 1.82) is 0 Å². The summed E-state index contributed by atoms with van der Waals surface area (Å²) in [5.41, 5.74) is 0. The van der Waals surface area contributed by atoms with E-state index in [1.54, 1.807) is 4.68 Å². The van der Waals surface area contributed by atoms with Crippen LogP contribution in [-0.4, -0.2) is 31.3 Å². The predicted octanol–water partition coefficient (Wildman–Crippen LogP) is 2.32. The number of carbonyl (C=O) groups is 1.